The van der Waals surface area contributed by atoms with Gasteiger partial charge in [-0.05, 0) is 24.6 Å². The van der Waals surface area contributed by atoms with Crippen LogP contribution in [0.4, 0.5) is 0 Å². The molecule has 31 heavy (non-hydrogen) atoms. The van der Waals surface area contributed by atoms with E-state index in [2.05, 4.69) is 11.7 Å². The second kappa shape index (κ2) is 9.55. The fraction of sp³-hybridized carbons (Fsp3) is 0.0870. The van der Waals surface area contributed by atoms with Gasteiger partial charge in [-0.1, -0.05) is 41.6 Å². The Bertz CT molecular complexity index is 1280. The Kier molecular flexibility index (Phi) is 6.64. The van der Waals surface area contributed by atoms with Crippen molar-refractivity contribution in [2.24, 2.45) is 5.73 Å². The van der Waals surface area contributed by atoms with E-state index < -0.39 is 11.9 Å². The molecule has 4 N–H and O–H groups in total. The number of carboxylic acid groups (broad SMARTS) is 2. The quantitative estimate of drug-likeness (QED) is 0.309. The molecule has 0 radical (unpaired) electrons. The highest BCUT2D eigenvalue weighted by Gasteiger charge is 2.20. The lowest BCUT2D eigenvalue weighted by Gasteiger charge is -1.97. The number of fused-ring (bicyclic) bond motifs is 2. The Morgan fingerprint density at radius 3 is 2.29 bits per heavy atom. The van der Waals surface area contributed by atoms with Crippen molar-refractivity contribution >= 4 is 33.9 Å². The molecule has 0 unspecified atom stereocenters. The highest BCUT2D eigenvalue weighted by Crippen LogP contribution is 2.37. The molecule has 8 heteroatoms. The minimum absolute atomic E-state index is 0.0572. The zero-order valence-corrected chi connectivity index (χ0v) is 16.4. The first-order chi connectivity index (χ1) is 15.0. The molecule has 0 amide bonds. The molecule has 2 aromatic heterocycles. The first-order valence-electron chi connectivity index (χ1n) is 9.29. The van der Waals surface area contributed by atoms with Crippen LogP contribution in [0.2, 0.25) is 0 Å². The lowest BCUT2D eigenvalue weighted by atomic mass is 10.0. The number of para-hydroxylation sites is 2. The molecule has 0 aliphatic rings. The largest absolute Gasteiger partial charge is 0.478 e. The summed E-state index contributed by atoms with van der Waals surface area (Å²) in [5, 5.41) is 22.7. The number of carboxylic acids is 2. The smallest absolute Gasteiger partial charge is 0.332 e. The summed E-state index contributed by atoms with van der Waals surface area (Å²) in [6, 6.07) is 15.6. The maximum Gasteiger partial charge on any atom is 0.332 e. The molecular weight excluding hydrogens is 400 g/mol. The minimum Gasteiger partial charge on any atom is -0.478 e. The third-order valence-corrected chi connectivity index (χ3v) is 4.40. The van der Waals surface area contributed by atoms with E-state index in [0.717, 1.165) is 39.0 Å². The zero-order chi connectivity index (χ0) is 22.4. The molecule has 0 saturated heterocycles. The molecule has 0 bridgehead atoms. The molecule has 4 rings (SSSR count). The van der Waals surface area contributed by atoms with Gasteiger partial charge in [0, 0.05) is 22.4 Å². The van der Waals surface area contributed by atoms with Crippen LogP contribution in [0.25, 0.3) is 33.2 Å². The molecule has 0 fully saturated rings. The number of hydrogen-bond acceptors (Lipinski definition) is 6. The molecule has 158 valence electrons. The van der Waals surface area contributed by atoms with Crippen molar-refractivity contribution in [3.63, 3.8) is 0 Å². The van der Waals surface area contributed by atoms with Gasteiger partial charge in [-0.15, -0.1) is 6.58 Å². The first-order valence-corrected chi connectivity index (χ1v) is 9.29. The summed E-state index contributed by atoms with van der Waals surface area (Å²) in [5.74, 6) is -1.76. The van der Waals surface area contributed by atoms with Crippen molar-refractivity contribution in [1.29, 1.82) is 0 Å². The molecule has 4 aromatic rings. The van der Waals surface area contributed by atoms with Gasteiger partial charge in [0.2, 0.25) is 0 Å². The number of aliphatic carboxylic acids is 2. The van der Waals surface area contributed by atoms with Gasteiger partial charge < -0.3 is 24.9 Å². The highest BCUT2D eigenvalue weighted by atomic mass is 16.5. The number of nitrogens with two attached hydrogens (primary N) is 1. The molecule has 0 atom stereocenters. The van der Waals surface area contributed by atoms with E-state index in [-0.39, 0.29) is 12.0 Å². The van der Waals surface area contributed by atoms with Crippen LogP contribution in [0.3, 0.4) is 0 Å². The molecule has 0 saturated carbocycles. The summed E-state index contributed by atoms with van der Waals surface area (Å²) in [7, 11) is 0. The molecule has 0 aliphatic carbocycles. The van der Waals surface area contributed by atoms with Crippen molar-refractivity contribution < 1.29 is 28.7 Å². The summed E-state index contributed by atoms with van der Waals surface area (Å²) in [5.41, 5.74) is 8.92. The number of allylic oxidation sites excluding steroid dienone is 1. The lowest BCUT2D eigenvalue weighted by Crippen LogP contribution is -2.02. The Hall–Kier alpha value is -4.17. The number of rotatable bonds is 6. The molecule has 2 aromatic carbocycles. The predicted octanol–water partition coefficient (Wildman–Crippen LogP) is 4.36. The fourth-order valence-electron chi connectivity index (χ4n) is 3.08. The Morgan fingerprint density at radius 1 is 1.03 bits per heavy atom. The van der Waals surface area contributed by atoms with E-state index in [0.29, 0.717) is 12.6 Å². The SMILES string of the molecule is C=CC/C(=C\C(=O)O)C(=O)O.NCc1oc2ccccc2c1-c1noc2ccccc12. The van der Waals surface area contributed by atoms with E-state index in [1.54, 1.807) is 0 Å². The molecule has 0 spiro atoms. The number of carbonyl (C=O) groups is 2. The van der Waals surface area contributed by atoms with Crippen LogP contribution in [0.1, 0.15) is 12.2 Å². The lowest BCUT2D eigenvalue weighted by molar-refractivity contribution is -0.135. The molecule has 0 aliphatic heterocycles. The van der Waals surface area contributed by atoms with Crippen molar-refractivity contribution in [1.82, 2.24) is 5.16 Å². The number of benzene rings is 2. The van der Waals surface area contributed by atoms with E-state index >= 15 is 0 Å². The standard InChI is InChI=1S/C16H12N2O2.C7H8O4/c17-9-14-15(10-5-1-3-7-12(10)19-14)16-11-6-2-4-8-13(11)20-18-16;1-2-3-5(7(10)11)4-6(8)9/h1-8H,9,17H2;2,4H,1,3H2,(H,8,9)(H,10,11)/b;5-4+. The van der Waals surface area contributed by atoms with Gasteiger partial charge in [-0.2, -0.15) is 0 Å². The molecular formula is C23H20N2O6. The maximum atomic E-state index is 10.2. The number of hydrogen-bond donors (Lipinski definition) is 3. The minimum atomic E-state index is -1.26. The summed E-state index contributed by atoms with van der Waals surface area (Å²) >= 11 is 0. The Labute approximate surface area is 176 Å². The maximum absolute atomic E-state index is 10.2. The number of nitrogens with zero attached hydrogens (tertiary/aromatic N) is 1. The van der Waals surface area contributed by atoms with Gasteiger partial charge in [0.25, 0.3) is 0 Å². The van der Waals surface area contributed by atoms with Crippen LogP contribution in [-0.2, 0) is 16.1 Å². The van der Waals surface area contributed by atoms with Crippen LogP contribution in [0.15, 0.2) is 81.8 Å². The van der Waals surface area contributed by atoms with Crippen LogP contribution in [-0.4, -0.2) is 27.3 Å². The zero-order valence-electron chi connectivity index (χ0n) is 16.4. The normalized spacial score (nSPS) is 11.2. The van der Waals surface area contributed by atoms with Gasteiger partial charge in [-0.3, -0.25) is 0 Å². The topological polar surface area (TPSA) is 140 Å². The fourth-order valence-corrected chi connectivity index (χ4v) is 3.08. The van der Waals surface area contributed by atoms with Crippen LogP contribution >= 0.6 is 0 Å². The van der Waals surface area contributed by atoms with E-state index in [1.165, 1.54) is 6.08 Å². The second-order valence-corrected chi connectivity index (χ2v) is 6.43. The van der Waals surface area contributed by atoms with Gasteiger partial charge in [0.1, 0.15) is 17.0 Å². The predicted molar refractivity (Wildman–Crippen MR) is 115 cm³/mol. The second-order valence-electron chi connectivity index (χ2n) is 6.43. The van der Waals surface area contributed by atoms with Crippen molar-refractivity contribution in [3.05, 3.63) is 78.6 Å². The van der Waals surface area contributed by atoms with Crippen LogP contribution in [0.5, 0.6) is 0 Å². The Morgan fingerprint density at radius 2 is 1.68 bits per heavy atom. The summed E-state index contributed by atoms with van der Waals surface area (Å²) in [6.07, 6.45) is 2.05. The summed E-state index contributed by atoms with van der Waals surface area (Å²) in [4.78, 5) is 20.3. The van der Waals surface area contributed by atoms with Gasteiger partial charge in [0.05, 0.1) is 12.1 Å². The number of aromatic nitrogens is 1. The molecule has 2 heterocycles. The number of furan rings is 1. The summed E-state index contributed by atoms with van der Waals surface area (Å²) in [6.45, 7) is 3.62. The van der Waals surface area contributed by atoms with E-state index in [1.807, 2.05) is 48.5 Å². The van der Waals surface area contributed by atoms with E-state index in [9.17, 15) is 9.59 Å². The van der Waals surface area contributed by atoms with Crippen molar-refractivity contribution in [2.45, 2.75) is 13.0 Å². The van der Waals surface area contributed by atoms with E-state index in [4.69, 9.17) is 24.9 Å². The third kappa shape index (κ3) is 4.71. The summed E-state index contributed by atoms with van der Waals surface area (Å²) < 4.78 is 11.2. The Balaban J connectivity index is 0.000000214. The van der Waals surface area contributed by atoms with Crippen molar-refractivity contribution in [2.75, 3.05) is 0 Å². The monoisotopic (exact) mass is 420 g/mol. The first kappa shape index (κ1) is 21.5. The van der Waals surface area contributed by atoms with Crippen molar-refractivity contribution in [3.8, 4) is 11.3 Å². The average Bonchev–Trinajstić information content (AvgIpc) is 3.34. The highest BCUT2D eigenvalue weighted by molar-refractivity contribution is 6.02. The van der Waals surface area contributed by atoms with Crippen LogP contribution in [0, 0.1) is 0 Å². The third-order valence-electron chi connectivity index (χ3n) is 4.40. The average molecular weight is 420 g/mol. The van der Waals surface area contributed by atoms with Crippen LogP contribution < -0.4 is 5.73 Å². The van der Waals surface area contributed by atoms with Gasteiger partial charge in [-0.25, -0.2) is 9.59 Å². The van der Waals surface area contributed by atoms with Gasteiger partial charge in [0.15, 0.2) is 5.58 Å². The molecule has 8 nitrogen and oxygen atoms in total. The van der Waals surface area contributed by atoms with Gasteiger partial charge >= 0.3 is 11.9 Å².